The highest BCUT2D eigenvalue weighted by atomic mass is 35.5. The maximum atomic E-state index is 12.2. The Morgan fingerprint density at radius 2 is 2.21 bits per heavy atom. The van der Waals surface area contributed by atoms with Crippen molar-refractivity contribution in [1.29, 1.82) is 5.26 Å². The highest BCUT2D eigenvalue weighted by Crippen LogP contribution is 2.22. The van der Waals surface area contributed by atoms with E-state index in [1.54, 1.807) is 36.2 Å². The van der Waals surface area contributed by atoms with E-state index in [-0.39, 0.29) is 5.91 Å². The van der Waals surface area contributed by atoms with Gasteiger partial charge in [-0.3, -0.25) is 4.79 Å². The summed E-state index contributed by atoms with van der Waals surface area (Å²) in [7, 11) is 1.73. The monoisotopic (exact) mass is 290 g/mol. The van der Waals surface area contributed by atoms with Crippen LogP contribution in [0.15, 0.2) is 36.4 Å². The van der Waals surface area contributed by atoms with Crippen LogP contribution in [0.4, 0.5) is 0 Å². The van der Waals surface area contributed by atoms with Gasteiger partial charge in [-0.15, -0.1) is 11.3 Å². The standard InChI is InChI=1S/C14H11ClN2OS/c1-17(9-12-5-6-13(15)19-12)14(18)11-4-2-3-10(7-11)8-16/h2-7H,9H2,1H3. The second kappa shape index (κ2) is 5.87. The van der Waals surface area contributed by atoms with E-state index in [2.05, 4.69) is 0 Å². The van der Waals surface area contributed by atoms with E-state index in [4.69, 9.17) is 16.9 Å². The minimum atomic E-state index is -0.110. The fourth-order valence-electron chi connectivity index (χ4n) is 1.68. The molecular weight excluding hydrogens is 280 g/mol. The fraction of sp³-hybridized carbons (Fsp3) is 0.143. The van der Waals surface area contributed by atoms with E-state index < -0.39 is 0 Å². The van der Waals surface area contributed by atoms with Crippen LogP contribution in [0, 0.1) is 11.3 Å². The predicted molar refractivity (Wildman–Crippen MR) is 76.3 cm³/mol. The Morgan fingerprint density at radius 1 is 1.42 bits per heavy atom. The average molecular weight is 291 g/mol. The summed E-state index contributed by atoms with van der Waals surface area (Å²) < 4.78 is 0.710. The van der Waals surface area contributed by atoms with Crippen molar-refractivity contribution in [2.24, 2.45) is 0 Å². The van der Waals surface area contributed by atoms with Gasteiger partial charge in [0, 0.05) is 17.5 Å². The molecule has 0 spiro atoms. The van der Waals surface area contributed by atoms with Crippen molar-refractivity contribution in [1.82, 2.24) is 4.90 Å². The van der Waals surface area contributed by atoms with Crippen molar-refractivity contribution >= 4 is 28.8 Å². The molecule has 0 bridgehead atoms. The minimum absolute atomic E-state index is 0.110. The number of nitrogens with zero attached hydrogens (tertiary/aromatic N) is 2. The normalized spacial score (nSPS) is 9.95. The first-order valence-electron chi connectivity index (χ1n) is 5.60. The Bertz CT molecular complexity index is 645. The van der Waals surface area contributed by atoms with Gasteiger partial charge in [-0.05, 0) is 30.3 Å². The molecule has 0 aliphatic carbocycles. The van der Waals surface area contributed by atoms with Gasteiger partial charge in [0.2, 0.25) is 0 Å². The zero-order valence-electron chi connectivity index (χ0n) is 10.3. The molecule has 1 aromatic heterocycles. The zero-order chi connectivity index (χ0) is 13.8. The third kappa shape index (κ3) is 3.34. The second-order valence-corrected chi connectivity index (χ2v) is 5.86. The van der Waals surface area contributed by atoms with Crippen LogP contribution >= 0.6 is 22.9 Å². The first-order valence-corrected chi connectivity index (χ1v) is 6.79. The number of nitriles is 1. The number of halogens is 1. The lowest BCUT2D eigenvalue weighted by Crippen LogP contribution is -2.25. The molecule has 0 fully saturated rings. The topological polar surface area (TPSA) is 44.1 Å². The maximum absolute atomic E-state index is 12.2. The zero-order valence-corrected chi connectivity index (χ0v) is 11.8. The molecule has 0 saturated heterocycles. The van der Waals surface area contributed by atoms with Crippen molar-refractivity contribution in [3.63, 3.8) is 0 Å². The third-order valence-corrected chi connectivity index (χ3v) is 3.82. The van der Waals surface area contributed by atoms with Gasteiger partial charge in [-0.1, -0.05) is 17.7 Å². The summed E-state index contributed by atoms with van der Waals surface area (Å²) in [6.45, 7) is 0.507. The van der Waals surface area contributed by atoms with Gasteiger partial charge in [0.25, 0.3) is 5.91 Å². The number of carbonyl (C=O) groups is 1. The molecule has 0 unspecified atom stereocenters. The molecule has 19 heavy (non-hydrogen) atoms. The van der Waals surface area contributed by atoms with Crippen molar-refractivity contribution in [2.45, 2.75) is 6.54 Å². The lowest BCUT2D eigenvalue weighted by molar-refractivity contribution is 0.0786. The molecule has 3 nitrogen and oxygen atoms in total. The predicted octanol–water partition coefficient (Wildman–Crippen LogP) is 3.55. The van der Waals surface area contributed by atoms with E-state index >= 15 is 0 Å². The Balaban J connectivity index is 2.12. The highest BCUT2D eigenvalue weighted by Gasteiger charge is 2.13. The molecule has 0 aliphatic rings. The SMILES string of the molecule is CN(Cc1ccc(Cl)s1)C(=O)c1cccc(C#N)c1. The average Bonchev–Trinajstić information content (AvgIpc) is 2.83. The minimum Gasteiger partial charge on any atom is -0.337 e. The van der Waals surface area contributed by atoms with Gasteiger partial charge in [-0.25, -0.2) is 0 Å². The summed E-state index contributed by atoms with van der Waals surface area (Å²) >= 11 is 7.31. The number of rotatable bonds is 3. The number of hydrogen-bond acceptors (Lipinski definition) is 3. The van der Waals surface area contributed by atoms with Crippen molar-refractivity contribution in [2.75, 3.05) is 7.05 Å². The van der Waals surface area contributed by atoms with Crippen LogP contribution in [-0.4, -0.2) is 17.9 Å². The van der Waals surface area contributed by atoms with Crippen LogP contribution in [0.1, 0.15) is 20.8 Å². The third-order valence-electron chi connectivity index (χ3n) is 2.61. The van der Waals surface area contributed by atoms with Crippen LogP contribution < -0.4 is 0 Å². The van der Waals surface area contributed by atoms with Gasteiger partial charge in [0.05, 0.1) is 22.5 Å². The Morgan fingerprint density at radius 3 is 2.84 bits per heavy atom. The summed E-state index contributed by atoms with van der Waals surface area (Å²) in [5.74, 6) is -0.110. The van der Waals surface area contributed by atoms with Crippen molar-refractivity contribution in [3.8, 4) is 6.07 Å². The summed E-state index contributed by atoms with van der Waals surface area (Å²) in [4.78, 5) is 14.8. The summed E-state index contributed by atoms with van der Waals surface area (Å²) in [6.07, 6.45) is 0. The maximum Gasteiger partial charge on any atom is 0.253 e. The number of carbonyl (C=O) groups excluding carboxylic acids is 1. The van der Waals surface area contributed by atoms with E-state index in [0.29, 0.717) is 22.0 Å². The van der Waals surface area contributed by atoms with E-state index in [9.17, 15) is 4.79 Å². The summed E-state index contributed by atoms with van der Waals surface area (Å²) in [5.41, 5.74) is 1.00. The molecule has 0 atom stereocenters. The molecule has 2 aromatic rings. The van der Waals surface area contributed by atoms with Crippen LogP contribution in [0.25, 0.3) is 0 Å². The lowest BCUT2D eigenvalue weighted by Gasteiger charge is -2.16. The van der Waals surface area contributed by atoms with E-state index in [0.717, 1.165) is 4.88 Å². The molecule has 1 amide bonds. The lowest BCUT2D eigenvalue weighted by atomic mass is 10.1. The van der Waals surface area contributed by atoms with Crippen LogP contribution in [0.2, 0.25) is 4.34 Å². The second-order valence-electron chi connectivity index (χ2n) is 4.06. The Hall–Kier alpha value is -1.83. The van der Waals surface area contributed by atoms with E-state index in [1.165, 1.54) is 11.3 Å². The van der Waals surface area contributed by atoms with Crippen LogP contribution in [0.3, 0.4) is 0 Å². The number of hydrogen-bond donors (Lipinski definition) is 0. The van der Waals surface area contributed by atoms with Crippen LogP contribution in [0.5, 0.6) is 0 Å². The van der Waals surface area contributed by atoms with Gasteiger partial charge >= 0.3 is 0 Å². The summed E-state index contributed by atoms with van der Waals surface area (Å²) in [5, 5.41) is 8.83. The van der Waals surface area contributed by atoms with Crippen LogP contribution in [-0.2, 0) is 6.54 Å². The molecule has 0 radical (unpaired) electrons. The van der Waals surface area contributed by atoms with Gasteiger partial charge in [0.15, 0.2) is 0 Å². The quantitative estimate of drug-likeness (QED) is 0.868. The first kappa shape index (κ1) is 13.6. The number of benzene rings is 1. The molecule has 2 rings (SSSR count). The van der Waals surface area contributed by atoms with Gasteiger partial charge < -0.3 is 4.90 Å². The van der Waals surface area contributed by atoms with Gasteiger partial charge in [0.1, 0.15) is 0 Å². The largest absolute Gasteiger partial charge is 0.337 e. The molecule has 1 heterocycles. The van der Waals surface area contributed by atoms with E-state index in [1.807, 2.05) is 18.2 Å². The molecule has 1 aromatic carbocycles. The Kier molecular flexibility index (Phi) is 4.20. The van der Waals surface area contributed by atoms with Crippen molar-refractivity contribution < 1.29 is 4.79 Å². The smallest absolute Gasteiger partial charge is 0.253 e. The highest BCUT2D eigenvalue weighted by molar-refractivity contribution is 7.16. The molecule has 0 saturated carbocycles. The number of amides is 1. The first-order chi connectivity index (χ1) is 9.10. The fourth-order valence-corrected chi connectivity index (χ4v) is 2.83. The molecule has 0 N–H and O–H groups in total. The molecular formula is C14H11ClN2OS. The number of thiophene rings is 1. The van der Waals surface area contributed by atoms with Crippen molar-refractivity contribution in [3.05, 3.63) is 56.7 Å². The summed E-state index contributed by atoms with van der Waals surface area (Å²) in [6, 6.07) is 12.4. The molecule has 0 aliphatic heterocycles. The molecule has 5 heteroatoms. The van der Waals surface area contributed by atoms with Gasteiger partial charge in [-0.2, -0.15) is 5.26 Å². The Labute approximate surface area is 120 Å². The molecule has 96 valence electrons.